The van der Waals surface area contributed by atoms with E-state index in [2.05, 4.69) is 31.1 Å². The summed E-state index contributed by atoms with van der Waals surface area (Å²) < 4.78 is 0. The van der Waals surface area contributed by atoms with Gasteiger partial charge >= 0.3 is 5.97 Å². The maximum absolute atomic E-state index is 10.2. The lowest BCUT2D eigenvalue weighted by Gasteiger charge is -2.20. The van der Waals surface area contributed by atoms with E-state index in [0.29, 0.717) is 6.04 Å². The predicted octanol–water partition coefficient (Wildman–Crippen LogP) is 1.56. The first-order chi connectivity index (χ1) is 7.54. The Balaban J connectivity index is 3.13. The summed E-state index contributed by atoms with van der Waals surface area (Å²) in [6.45, 7) is 7.45. The first-order valence-electron chi connectivity index (χ1n) is 6.16. The maximum Gasteiger partial charge on any atom is 0.303 e. The smallest absolute Gasteiger partial charge is 0.303 e. The molecular formula is C12H26N2O2. The zero-order valence-corrected chi connectivity index (χ0v) is 10.8. The minimum Gasteiger partial charge on any atom is -0.481 e. The van der Waals surface area contributed by atoms with E-state index in [9.17, 15) is 4.79 Å². The van der Waals surface area contributed by atoms with Gasteiger partial charge in [-0.1, -0.05) is 0 Å². The fraction of sp³-hybridized carbons (Fsp3) is 0.917. The molecule has 0 radical (unpaired) electrons. The number of hydrogen-bond donors (Lipinski definition) is 2. The normalized spacial score (nSPS) is 11.3. The fourth-order valence-corrected chi connectivity index (χ4v) is 1.36. The minimum absolute atomic E-state index is 0.289. The maximum atomic E-state index is 10.2. The Morgan fingerprint density at radius 2 is 1.88 bits per heavy atom. The number of rotatable bonds is 10. The summed E-state index contributed by atoms with van der Waals surface area (Å²) in [7, 11) is 2.14. The number of carboxylic acids is 1. The van der Waals surface area contributed by atoms with Gasteiger partial charge in [0.25, 0.3) is 0 Å². The molecule has 2 N–H and O–H groups in total. The molecule has 0 amide bonds. The van der Waals surface area contributed by atoms with Gasteiger partial charge in [-0.15, -0.1) is 0 Å². The number of aliphatic carboxylic acids is 1. The lowest BCUT2D eigenvalue weighted by Crippen LogP contribution is -2.29. The Kier molecular flexibility index (Phi) is 9.24. The molecule has 0 rings (SSSR count). The molecule has 0 fully saturated rings. The molecular weight excluding hydrogens is 204 g/mol. The first kappa shape index (κ1) is 15.4. The van der Waals surface area contributed by atoms with Gasteiger partial charge in [-0.25, -0.2) is 0 Å². The molecule has 0 heterocycles. The highest BCUT2D eigenvalue weighted by Crippen LogP contribution is 1.95. The van der Waals surface area contributed by atoms with Crippen LogP contribution in [0.15, 0.2) is 0 Å². The third kappa shape index (κ3) is 9.93. The number of carboxylic acid groups (broad SMARTS) is 1. The first-order valence-corrected chi connectivity index (χ1v) is 6.16. The van der Waals surface area contributed by atoms with Crippen molar-refractivity contribution in [2.75, 3.05) is 26.7 Å². The third-order valence-corrected chi connectivity index (χ3v) is 2.74. The zero-order valence-electron chi connectivity index (χ0n) is 10.8. The molecule has 0 aromatic carbocycles. The second-order valence-electron chi connectivity index (χ2n) is 4.53. The molecule has 4 nitrogen and oxygen atoms in total. The van der Waals surface area contributed by atoms with Gasteiger partial charge in [-0.05, 0) is 59.8 Å². The van der Waals surface area contributed by atoms with Crippen molar-refractivity contribution in [2.45, 2.75) is 45.6 Å². The Morgan fingerprint density at radius 1 is 1.25 bits per heavy atom. The monoisotopic (exact) mass is 230 g/mol. The van der Waals surface area contributed by atoms with Crippen molar-refractivity contribution in [2.24, 2.45) is 0 Å². The standard InChI is InChI=1S/C12H26N2O2/c1-11(2)14(3)10-6-9-13-8-5-4-7-12(15)16/h11,13H,4-10H2,1-3H3,(H,15,16). The average molecular weight is 230 g/mol. The summed E-state index contributed by atoms with van der Waals surface area (Å²) in [4.78, 5) is 12.6. The minimum atomic E-state index is -0.696. The molecule has 0 spiro atoms. The average Bonchev–Trinajstić information content (AvgIpc) is 2.21. The molecule has 4 heteroatoms. The molecule has 96 valence electrons. The number of nitrogens with zero attached hydrogens (tertiary/aromatic N) is 1. The summed E-state index contributed by atoms with van der Waals surface area (Å²) in [6, 6.07) is 0.607. The van der Waals surface area contributed by atoms with Crippen LogP contribution in [0.1, 0.15) is 39.5 Å². The highest BCUT2D eigenvalue weighted by molar-refractivity contribution is 5.66. The number of unbranched alkanes of at least 4 members (excludes halogenated alkanes) is 1. The highest BCUT2D eigenvalue weighted by atomic mass is 16.4. The van der Waals surface area contributed by atoms with Gasteiger partial charge in [0.05, 0.1) is 0 Å². The molecule has 16 heavy (non-hydrogen) atoms. The third-order valence-electron chi connectivity index (χ3n) is 2.74. The van der Waals surface area contributed by atoms with Gasteiger partial charge < -0.3 is 15.3 Å². The van der Waals surface area contributed by atoms with Crippen molar-refractivity contribution < 1.29 is 9.90 Å². The number of carbonyl (C=O) groups is 1. The Bertz CT molecular complexity index is 184. The second kappa shape index (κ2) is 9.60. The lowest BCUT2D eigenvalue weighted by molar-refractivity contribution is -0.137. The van der Waals surface area contributed by atoms with Crippen LogP contribution in [0.5, 0.6) is 0 Å². The van der Waals surface area contributed by atoms with E-state index < -0.39 is 5.97 Å². The van der Waals surface area contributed by atoms with Crippen molar-refractivity contribution in [1.29, 1.82) is 0 Å². The summed E-state index contributed by atoms with van der Waals surface area (Å²) in [5.74, 6) is -0.696. The van der Waals surface area contributed by atoms with Gasteiger partial charge in [-0.2, -0.15) is 0 Å². The summed E-state index contributed by atoms with van der Waals surface area (Å²) in [6.07, 6.45) is 3.16. The van der Waals surface area contributed by atoms with Gasteiger partial charge in [-0.3, -0.25) is 4.79 Å². The van der Waals surface area contributed by atoms with Crippen molar-refractivity contribution in [3.8, 4) is 0 Å². The van der Waals surface area contributed by atoms with Gasteiger partial charge in [0.2, 0.25) is 0 Å². The van der Waals surface area contributed by atoms with E-state index >= 15 is 0 Å². The molecule has 0 saturated heterocycles. The van der Waals surface area contributed by atoms with E-state index in [1.165, 1.54) is 0 Å². The van der Waals surface area contributed by atoms with E-state index in [4.69, 9.17) is 5.11 Å². The Labute approximate surface area is 99.0 Å². The van der Waals surface area contributed by atoms with Crippen LogP contribution in [-0.2, 0) is 4.79 Å². The van der Waals surface area contributed by atoms with Crippen molar-refractivity contribution in [3.05, 3.63) is 0 Å². The van der Waals surface area contributed by atoms with E-state index in [1.807, 2.05) is 0 Å². The lowest BCUT2D eigenvalue weighted by atomic mass is 10.2. The van der Waals surface area contributed by atoms with E-state index in [0.717, 1.165) is 38.9 Å². The molecule has 0 aliphatic carbocycles. The van der Waals surface area contributed by atoms with Crippen molar-refractivity contribution in [1.82, 2.24) is 10.2 Å². The summed E-state index contributed by atoms with van der Waals surface area (Å²) >= 11 is 0. The van der Waals surface area contributed by atoms with Crippen LogP contribution in [-0.4, -0.2) is 48.7 Å². The Hall–Kier alpha value is -0.610. The van der Waals surface area contributed by atoms with Crippen LogP contribution < -0.4 is 5.32 Å². The van der Waals surface area contributed by atoms with Gasteiger partial charge in [0, 0.05) is 12.5 Å². The van der Waals surface area contributed by atoms with Crippen molar-refractivity contribution in [3.63, 3.8) is 0 Å². The van der Waals surface area contributed by atoms with E-state index in [-0.39, 0.29) is 6.42 Å². The molecule has 0 atom stereocenters. The zero-order chi connectivity index (χ0) is 12.4. The number of hydrogen-bond acceptors (Lipinski definition) is 3. The van der Waals surface area contributed by atoms with Crippen LogP contribution in [0, 0.1) is 0 Å². The van der Waals surface area contributed by atoms with Crippen LogP contribution >= 0.6 is 0 Å². The molecule has 0 bridgehead atoms. The second-order valence-corrected chi connectivity index (χ2v) is 4.53. The molecule has 0 aliphatic heterocycles. The highest BCUT2D eigenvalue weighted by Gasteiger charge is 2.01. The topological polar surface area (TPSA) is 52.6 Å². The molecule has 0 aromatic rings. The van der Waals surface area contributed by atoms with Gasteiger partial charge in [0.15, 0.2) is 0 Å². The quantitative estimate of drug-likeness (QED) is 0.559. The fourth-order valence-electron chi connectivity index (χ4n) is 1.36. The largest absolute Gasteiger partial charge is 0.481 e. The van der Waals surface area contributed by atoms with Gasteiger partial charge in [0.1, 0.15) is 0 Å². The molecule has 0 aliphatic rings. The Morgan fingerprint density at radius 3 is 2.44 bits per heavy atom. The number of nitrogens with one attached hydrogen (secondary N) is 1. The molecule has 0 saturated carbocycles. The van der Waals surface area contributed by atoms with Crippen LogP contribution in [0.25, 0.3) is 0 Å². The van der Waals surface area contributed by atoms with E-state index in [1.54, 1.807) is 0 Å². The van der Waals surface area contributed by atoms with Crippen LogP contribution in [0.3, 0.4) is 0 Å². The SMILES string of the molecule is CC(C)N(C)CCCNCCCCC(=O)O. The molecule has 0 aromatic heterocycles. The van der Waals surface area contributed by atoms with Crippen LogP contribution in [0.2, 0.25) is 0 Å². The molecule has 0 unspecified atom stereocenters. The van der Waals surface area contributed by atoms with Crippen LogP contribution in [0.4, 0.5) is 0 Å². The summed E-state index contributed by atoms with van der Waals surface area (Å²) in [5.41, 5.74) is 0. The summed E-state index contributed by atoms with van der Waals surface area (Å²) in [5, 5.41) is 11.8. The van der Waals surface area contributed by atoms with Crippen molar-refractivity contribution >= 4 is 5.97 Å². The predicted molar refractivity (Wildman–Crippen MR) is 66.7 cm³/mol.